The minimum absolute atomic E-state index is 0.0722. The van der Waals surface area contributed by atoms with Crippen molar-refractivity contribution >= 4 is 21.4 Å². The molecule has 1 N–H and O–H groups in total. The van der Waals surface area contributed by atoms with Crippen molar-refractivity contribution in [2.75, 3.05) is 41.9 Å². The maximum atomic E-state index is 13.4. The number of alkyl halides is 2. The van der Waals surface area contributed by atoms with Gasteiger partial charge in [-0.05, 0) is 43.7 Å². The maximum Gasteiger partial charge on any atom is 0.387 e. The number of hydrogen-bond acceptors (Lipinski definition) is 5. The molecule has 1 aliphatic rings. The Balaban J connectivity index is 2.01. The van der Waals surface area contributed by atoms with Crippen LogP contribution in [0.1, 0.15) is 12.5 Å². The molecule has 1 aliphatic heterocycles. The van der Waals surface area contributed by atoms with E-state index in [1.165, 1.54) is 18.2 Å². The van der Waals surface area contributed by atoms with Gasteiger partial charge in [0.05, 0.1) is 10.6 Å². The normalized spacial score (nSPS) is 14.9. The number of nitrogens with zero attached hydrogens (tertiary/aromatic N) is 2. The highest BCUT2D eigenvalue weighted by Crippen LogP contribution is 2.34. The molecular weight excluding hydrogens is 400 g/mol. The predicted molar refractivity (Wildman–Crippen MR) is 110 cm³/mol. The highest BCUT2D eigenvalue weighted by molar-refractivity contribution is 7.92. The first-order valence-electron chi connectivity index (χ1n) is 9.47. The second-order valence-corrected chi connectivity index (χ2v) is 8.56. The molecule has 3 rings (SSSR count). The minimum atomic E-state index is -3.97. The Bertz CT molecular complexity index is 948. The van der Waals surface area contributed by atoms with E-state index in [1.807, 2.05) is 6.92 Å². The zero-order valence-electron chi connectivity index (χ0n) is 16.4. The highest BCUT2D eigenvalue weighted by Gasteiger charge is 2.28. The van der Waals surface area contributed by atoms with Crippen molar-refractivity contribution in [3.8, 4) is 5.75 Å². The van der Waals surface area contributed by atoms with Gasteiger partial charge in [-0.3, -0.25) is 4.31 Å². The molecule has 0 aliphatic carbocycles. The van der Waals surface area contributed by atoms with Crippen molar-refractivity contribution in [1.82, 2.24) is 5.32 Å². The van der Waals surface area contributed by atoms with Gasteiger partial charge in [0.2, 0.25) is 0 Å². The van der Waals surface area contributed by atoms with Gasteiger partial charge in [0.25, 0.3) is 10.0 Å². The Morgan fingerprint density at radius 1 is 1.17 bits per heavy atom. The van der Waals surface area contributed by atoms with Crippen molar-refractivity contribution < 1.29 is 21.9 Å². The molecule has 0 amide bonds. The van der Waals surface area contributed by atoms with Crippen LogP contribution in [-0.2, 0) is 10.0 Å². The van der Waals surface area contributed by atoms with Crippen molar-refractivity contribution in [3.05, 3.63) is 48.0 Å². The summed E-state index contributed by atoms with van der Waals surface area (Å²) in [4.78, 5) is 2.26. The van der Waals surface area contributed by atoms with Gasteiger partial charge in [-0.25, -0.2) is 8.42 Å². The van der Waals surface area contributed by atoms with Gasteiger partial charge in [-0.2, -0.15) is 8.78 Å². The van der Waals surface area contributed by atoms with Gasteiger partial charge in [0.1, 0.15) is 5.75 Å². The monoisotopic (exact) mass is 425 g/mol. The fourth-order valence-corrected chi connectivity index (χ4v) is 4.96. The van der Waals surface area contributed by atoms with Crippen LogP contribution in [0.2, 0.25) is 0 Å². The molecule has 158 valence electrons. The van der Waals surface area contributed by atoms with Crippen LogP contribution in [0.15, 0.2) is 47.4 Å². The van der Waals surface area contributed by atoms with Crippen molar-refractivity contribution in [3.63, 3.8) is 0 Å². The van der Waals surface area contributed by atoms with Crippen LogP contribution in [0.25, 0.3) is 0 Å². The van der Waals surface area contributed by atoms with E-state index in [-0.39, 0.29) is 22.9 Å². The SMILES string of the molecule is CCN(c1ccccc1OC(F)F)S(=O)(=O)c1ccc(C)c(N2CCNCC2)c1. The van der Waals surface area contributed by atoms with Gasteiger partial charge in [-0.15, -0.1) is 0 Å². The number of anilines is 2. The lowest BCUT2D eigenvalue weighted by Crippen LogP contribution is -2.43. The largest absolute Gasteiger partial charge is 0.433 e. The van der Waals surface area contributed by atoms with Crippen LogP contribution in [0.5, 0.6) is 5.75 Å². The number of aryl methyl sites for hydroxylation is 1. The third-order valence-corrected chi connectivity index (χ3v) is 6.75. The minimum Gasteiger partial charge on any atom is -0.433 e. The number of ether oxygens (including phenoxy) is 1. The predicted octanol–water partition coefficient (Wildman–Crippen LogP) is 3.22. The van der Waals surface area contributed by atoms with Gasteiger partial charge >= 0.3 is 6.61 Å². The van der Waals surface area contributed by atoms with Crippen LogP contribution in [0.3, 0.4) is 0 Å². The molecule has 1 saturated heterocycles. The molecule has 0 radical (unpaired) electrons. The Hall–Kier alpha value is -2.39. The zero-order valence-corrected chi connectivity index (χ0v) is 17.3. The summed E-state index contributed by atoms with van der Waals surface area (Å²) in [6, 6.07) is 10.9. The van der Waals surface area contributed by atoms with E-state index in [9.17, 15) is 17.2 Å². The summed E-state index contributed by atoms with van der Waals surface area (Å²) >= 11 is 0. The van der Waals surface area contributed by atoms with Gasteiger partial charge < -0.3 is 15.0 Å². The maximum absolute atomic E-state index is 13.4. The average Bonchev–Trinajstić information content (AvgIpc) is 2.70. The standard InChI is InChI=1S/C20H25F2N3O3S/c1-3-25(17-6-4-5-7-19(17)28-20(21)22)29(26,27)16-9-8-15(2)18(14-16)24-12-10-23-11-13-24/h4-9,14,20,23H,3,10-13H2,1-2H3. The van der Waals surface area contributed by atoms with Crippen molar-refractivity contribution in [2.45, 2.75) is 25.4 Å². The van der Waals surface area contributed by atoms with Crippen LogP contribution in [-0.4, -0.2) is 47.8 Å². The number of sulfonamides is 1. The summed E-state index contributed by atoms with van der Waals surface area (Å²) in [5.74, 6) is -0.178. The summed E-state index contributed by atoms with van der Waals surface area (Å²) in [6.07, 6.45) is 0. The highest BCUT2D eigenvalue weighted by atomic mass is 32.2. The van der Waals surface area contributed by atoms with Gasteiger partial charge in [0, 0.05) is 38.4 Å². The smallest absolute Gasteiger partial charge is 0.387 e. The van der Waals surface area contributed by atoms with Crippen LogP contribution < -0.4 is 19.3 Å². The molecular formula is C20H25F2N3O3S. The quantitative estimate of drug-likeness (QED) is 0.738. The van der Waals surface area contributed by atoms with E-state index >= 15 is 0 Å². The molecule has 0 unspecified atom stereocenters. The van der Waals surface area contributed by atoms with E-state index in [1.54, 1.807) is 31.2 Å². The first-order valence-corrected chi connectivity index (χ1v) is 10.9. The molecule has 1 fully saturated rings. The number of rotatable bonds is 7. The van der Waals surface area contributed by atoms with Gasteiger partial charge in [0.15, 0.2) is 0 Å². The Labute approximate surface area is 170 Å². The van der Waals surface area contributed by atoms with E-state index in [0.717, 1.165) is 41.7 Å². The molecule has 2 aromatic carbocycles. The third-order valence-electron chi connectivity index (χ3n) is 4.86. The van der Waals surface area contributed by atoms with E-state index in [2.05, 4.69) is 15.0 Å². The third kappa shape index (κ3) is 4.62. The van der Waals surface area contributed by atoms with Crippen molar-refractivity contribution in [1.29, 1.82) is 0 Å². The topological polar surface area (TPSA) is 61.9 Å². The zero-order chi connectivity index (χ0) is 21.0. The summed E-state index contributed by atoms with van der Waals surface area (Å²) in [7, 11) is -3.97. The fraction of sp³-hybridized carbons (Fsp3) is 0.400. The molecule has 0 spiro atoms. The summed E-state index contributed by atoms with van der Waals surface area (Å²) in [5, 5.41) is 3.28. The molecule has 2 aromatic rings. The van der Waals surface area contributed by atoms with Gasteiger partial charge in [-0.1, -0.05) is 18.2 Å². The number of para-hydroxylation sites is 2. The molecule has 9 heteroatoms. The molecule has 0 atom stereocenters. The van der Waals surface area contributed by atoms with Crippen LogP contribution in [0, 0.1) is 6.92 Å². The summed E-state index contributed by atoms with van der Waals surface area (Å²) in [5.41, 5.74) is 1.93. The molecule has 0 bridgehead atoms. The summed E-state index contributed by atoms with van der Waals surface area (Å²) < 4.78 is 58.0. The second-order valence-electron chi connectivity index (χ2n) is 6.70. The Morgan fingerprint density at radius 3 is 2.52 bits per heavy atom. The van der Waals surface area contributed by atoms with E-state index in [0.29, 0.717) is 0 Å². The molecule has 6 nitrogen and oxygen atoms in total. The van der Waals surface area contributed by atoms with E-state index < -0.39 is 16.6 Å². The molecule has 29 heavy (non-hydrogen) atoms. The average molecular weight is 426 g/mol. The number of piperazine rings is 1. The van der Waals surface area contributed by atoms with Crippen molar-refractivity contribution in [2.24, 2.45) is 0 Å². The lowest BCUT2D eigenvalue weighted by Gasteiger charge is -2.31. The number of benzene rings is 2. The lowest BCUT2D eigenvalue weighted by molar-refractivity contribution is -0.0494. The Kier molecular flexibility index (Phi) is 6.59. The lowest BCUT2D eigenvalue weighted by atomic mass is 10.1. The molecule has 0 saturated carbocycles. The first-order chi connectivity index (χ1) is 13.8. The summed E-state index contributed by atoms with van der Waals surface area (Å²) in [6.45, 7) is 3.85. The number of nitrogens with one attached hydrogen (secondary N) is 1. The Morgan fingerprint density at radius 2 is 1.86 bits per heavy atom. The number of halogens is 2. The fourth-order valence-electron chi connectivity index (χ4n) is 3.45. The molecule has 1 heterocycles. The van der Waals surface area contributed by atoms with Crippen LogP contribution in [0.4, 0.5) is 20.2 Å². The first kappa shape index (κ1) is 21.3. The molecule has 0 aromatic heterocycles. The number of hydrogen-bond donors (Lipinski definition) is 1. The second kappa shape index (κ2) is 8.96. The van der Waals surface area contributed by atoms with E-state index in [4.69, 9.17) is 0 Å². The van der Waals surface area contributed by atoms with Crippen LogP contribution >= 0.6 is 0 Å².